The molecule has 7 heteroatoms. The predicted molar refractivity (Wildman–Crippen MR) is 139 cm³/mol. The molecule has 0 spiro atoms. The maximum atomic E-state index is 13.0. The second-order valence-electron chi connectivity index (χ2n) is 9.41. The Morgan fingerprint density at radius 2 is 1.69 bits per heavy atom. The highest BCUT2D eigenvalue weighted by Crippen LogP contribution is 2.31. The number of fused-ring (bicyclic) bond motifs is 1. The van der Waals surface area contributed by atoms with Gasteiger partial charge in [-0.15, -0.1) is 0 Å². The molecule has 2 heterocycles. The van der Waals surface area contributed by atoms with Crippen molar-refractivity contribution in [1.29, 1.82) is 0 Å². The second kappa shape index (κ2) is 9.96. The van der Waals surface area contributed by atoms with Crippen molar-refractivity contribution in [2.75, 3.05) is 7.05 Å². The van der Waals surface area contributed by atoms with Crippen LogP contribution in [0, 0.1) is 0 Å². The normalized spacial score (nSPS) is 17.5. The summed E-state index contributed by atoms with van der Waals surface area (Å²) < 4.78 is 8.52. The lowest BCUT2D eigenvalue weighted by molar-refractivity contribution is -0.131. The molecule has 1 fully saturated rings. The number of hydrogen-bond donors (Lipinski definition) is 1. The lowest BCUT2D eigenvalue weighted by Crippen LogP contribution is -2.44. The van der Waals surface area contributed by atoms with Gasteiger partial charge in [0.15, 0.2) is 0 Å². The number of hydrogen-bond acceptors (Lipinski definition) is 5. The van der Waals surface area contributed by atoms with Gasteiger partial charge >= 0.3 is 0 Å². The van der Waals surface area contributed by atoms with E-state index in [1.807, 2.05) is 43.4 Å². The number of rotatable bonds is 8. The average molecular weight is 485 g/mol. The molecule has 1 aliphatic rings. The zero-order chi connectivity index (χ0) is 24.3. The van der Waals surface area contributed by atoms with Gasteiger partial charge in [-0.1, -0.05) is 60.7 Å². The van der Waals surface area contributed by atoms with Gasteiger partial charge in [0.1, 0.15) is 11.0 Å². The zero-order valence-corrected chi connectivity index (χ0v) is 20.6. The minimum absolute atomic E-state index is 0.0666. The van der Waals surface area contributed by atoms with Gasteiger partial charge < -0.3 is 10.2 Å². The van der Waals surface area contributed by atoms with Crippen molar-refractivity contribution in [3.8, 4) is 11.1 Å². The van der Waals surface area contributed by atoms with Crippen LogP contribution in [0.25, 0.3) is 22.2 Å². The molecule has 3 aromatic carbocycles. The number of carbonyl (C=O) groups is 2. The lowest BCUT2D eigenvalue weighted by atomic mass is 9.84. The first kappa shape index (κ1) is 23.2. The third kappa shape index (κ3) is 5.41. The Bertz CT molecular complexity index is 1340. The van der Waals surface area contributed by atoms with Crippen molar-refractivity contribution in [2.24, 2.45) is 0 Å². The summed E-state index contributed by atoms with van der Waals surface area (Å²) in [7, 11) is 1.83. The molecule has 1 saturated heterocycles. The number of aromatic nitrogens is 2. The molecule has 0 saturated carbocycles. The highest BCUT2D eigenvalue weighted by Gasteiger charge is 2.38. The maximum absolute atomic E-state index is 13.0. The molecule has 6 nitrogen and oxygen atoms in total. The van der Waals surface area contributed by atoms with Crippen LogP contribution in [0.2, 0.25) is 0 Å². The van der Waals surface area contributed by atoms with Crippen molar-refractivity contribution in [1.82, 2.24) is 19.0 Å². The predicted octanol–water partition coefficient (Wildman–Crippen LogP) is 4.99. The molecule has 1 N–H and O–H groups in total. The second-order valence-corrected chi connectivity index (χ2v) is 9.93. The fraction of sp³-hybridized carbons (Fsp3) is 0.286. The average Bonchev–Trinajstić information content (AvgIpc) is 3.49. The Morgan fingerprint density at radius 3 is 2.43 bits per heavy atom. The van der Waals surface area contributed by atoms with E-state index in [-0.39, 0.29) is 17.4 Å². The van der Waals surface area contributed by atoms with E-state index in [9.17, 15) is 9.59 Å². The van der Waals surface area contributed by atoms with Gasteiger partial charge in [-0.25, -0.2) is 0 Å². The topological polar surface area (TPSA) is 75.2 Å². The minimum atomic E-state index is -0.382. The quantitative estimate of drug-likeness (QED) is 0.382. The van der Waals surface area contributed by atoms with Gasteiger partial charge in [0.25, 0.3) is 0 Å². The van der Waals surface area contributed by atoms with Gasteiger partial charge in [-0.3, -0.25) is 9.59 Å². The summed E-state index contributed by atoms with van der Waals surface area (Å²) in [6, 6.07) is 24.7. The summed E-state index contributed by atoms with van der Waals surface area (Å²) in [6.45, 7) is 0.520. The van der Waals surface area contributed by atoms with Crippen LogP contribution < -0.4 is 5.32 Å². The number of carbonyl (C=O) groups excluding carboxylic acids is 2. The van der Waals surface area contributed by atoms with Gasteiger partial charge in [0.05, 0.1) is 11.7 Å². The third-order valence-electron chi connectivity index (χ3n) is 6.82. The Labute approximate surface area is 209 Å². The van der Waals surface area contributed by atoms with Crippen LogP contribution in [-0.2, 0) is 22.6 Å². The summed E-state index contributed by atoms with van der Waals surface area (Å²) in [5, 5.41) is 3.20. The highest BCUT2D eigenvalue weighted by molar-refractivity contribution is 7.00. The minimum Gasteiger partial charge on any atom is -0.350 e. The maximum Gasteiger partial charge on any atom is 0.222 e. The Balaban J connectivity index is 1.23. The van der Waals surface area contributed by atoms with Crippen LogP contribution in [0.15, 0.2) is 72.8 Å². The van der Waals surface area contributed by atoms with Crippen molar-refractivity contribution in [3.63, 3.8) is 0 Å². The summed E-state index contributed by atoms with van der Waals surface area (Å²) in [4.78, 5) is 26.9. The highest BCUT2D eigenvalue weighted by atomic mass is 32.1. The molecule has 5 rings (SSSR count). The summed E-state index contributed by atoms with van der Waals surface area (Å²) in [5.74, 6) is 0.137. The first-order valence-electron chi connectivity index (χ1n) is 11.9. The van der Waals surface area contributed by atoms with Gasteiger partial charge in [-0.2, -0.15) is 8.75 Å². The van der Waals surface area contributed by atoms with Crippen LogP contribution in [0.3, 0.4) is 0 Å². The smallest absolute Gasteiger partial charge is 0.222 e. The molecule has 0 bridgehead atoms. The van der Waals surface area contributed by atoms with E-state index in [4.69, 9.17) is 0 Å². The Hall–Kier alpha value is -3.58. The fourth-order valence-corrected chi connectivity index (χ4v) is 5.36. The van der Waals surface area contributed by atoms with E-state index in [2.05, 4.69) is 50.5 Å². The van der Waals surface area contributed by atoms with Crippen LogP contribution in [0.4, 0.5) is 0 Å². The molecular formula is C28H28N4O2S. The molecule has 2 amide bonds. The van der Waals surface area contributed by atoms with E-state index in [0.717, 1.165) is 35.0 Å². The molecule has 178 valence electrons. The molecule has 35 heavy (non-hydrogen) atoms. The first-order valence-corrected chi connectivity index (χ1v) is 12.6. The zero-order valence-electron chi connectivity index (χ0n) is 19.7. The fourth-order valence-electron chi connectivity index (χ4n) is 4.84. The van der Waals surface area contributed by atoms with Crippen LogP contribution >= 0.6 is 11.7 Å². The molecule has 1 aliphatic heterocycles. The molecular weight excluding hydrogens is 456 g/mol. The first-order chi connectivity index (χ1) is 17.0. The largest absolute Gasteiger partial charge is 0.350 e. The van der Waals surface area contributed by atoms with Crippen molar-refractivity contribution >= 4 is 34.6 Å². The number of nitrogens with one attached hydrogen (secondary N) is 1. The van der Waals surface area contributed by atoms with Crippen molar-refractivity contribution < 1.29 is 9.59 Å². The Kier molecular flexibility index (Phi) is 6.59. The van der Waals surface area contributed by atoms with Crippen molar-refractivity contribution in [2.45, 2.75) is 44.2 Å². The SMILES string of the molecule is CN(Cc1ccc2nsnc2c1)C(=O)CC[C@]1(Cc2ccc(-c3ccccc3)cc2)CCC(=O)N1. The summed E-state index contributed by atoms with van der Waals surface area (Å²) in [6.07, 6.45) is 2.99. The molecule has 1 atom stereocenters. The van der Waals surface area contributed by atoms with E-state index in [1.54, 1.807) is 4.90 Å². The lowest BCUT2D eigenvalue weighted by Gasteiger charge is -2.30. The summed E-state index contributed by atoms with van der Waals surface area (Å²) in [5.41, 5.74) is 5.90. The van der Waals surface area contributed by atoms with Crippen LogP contribution in [0.5, 0.6) is 0 Å². The van der Waals surface area contributed by atoms with Gasteiger partial charge in [0, 0.05) is 32.0 Å². The summed E-state index contributed by atoms with van der Waals surface area (Å²) >= 11 is 1.19. The van der Waals surface area contributed by atoms with E-state index < -0.39 is 0 Å². The van der Waals surface area contributed by atoms with E-state index >= 15 is 0 Å². The molecule has 0 radical (unpaired) electrons. The van der Waals surface area contributed by atoms with Crippen LogP contribution in [0.1, 0.15) is 36.8 Å². The monoisotopic (exact) mass is 484 g/mol. The number of nitrogens with zero attached hydrogens (tertiary/aromatic N) is 3. The van der Waals surface area contributed by atoms with Gasteiger partial charge in [-0.05, 0) is 53.6 Å². The molecule has 0 unspecified atom stereocenters. The third-order valence-corrected chi connectivity index (χ3v) is 7.38. The van der Waals surface area contributed by atoms with E-state index in [1.165, 1.54) is 22.9 Å². The van der Waals surface area contributed by atoms with E-state index in [0.29, 0.717) is 25.8 Å². The van der Waals surface area contributed by atoms with Gasteiger partial charge in [0.2, 0.25) is 11.8 Å². The number of amides is 2. The van der Waals surface area contributed by atoms with Crippen molar-refractivity contribution in [3.05, 3.63) is 83.9 Å². The molecule has 0 aliphatic carbocycles. The molecule has 4 aromatic rings. The molecule has 1 aromatic heterocycles. The number of benzene rings is 3. The Morgan fingerprint density at radius 1 is 0.971 bits per heavy atom. The standard InChI is InChI=1S/C28H28N4O2S/c1-32(19-21-9-12-24-25(17-21)31-35-30-24)27(34)14-16-28(15-13-26(33)29-28)18-20-7-10-23(11-8-20)22-5-3-2-4-6-22/h2-12,17H,13-16,18-19H2,1H3,(H,29,33)/t28-/m0/s1. The van der Waals surface area contributed by atoms with Crippen LogP contribution in [-0.4, -0.2) is 38.0 Å².